The average Bonchev–Trinajstić information content (AvgIpc) is 2.98. The zero-order valence-electron chi connectivity index (χ0n) is 29.7. The molecule has 0 aliphatic carbocycles. The van der Waals surface area contributed by atoms with Crippen LogP contribution < -0.4 is 4.57 Å². The van der Waals surface area contributed by atoms with Crippen LogP contribution in [0, 0.1) is 20.2 Å². The first-order valence-corrected chi connectivity index (χ1v) is 17.2. The zero-order valence-corrected chi connectivity index (χ0v) is 29.7. The van der Waals surface area contributed by atoms with Crippen molar-refractivity contribution in [1.82, 2.24) is 4.90 Å². The molecule has 0 aliphatic rings. The van der Waals surface area contributed by atoms with E-state index in [0.717, 1.165) is 63.0 Å². The summed E-state index contributed by atoms with van der Waals surface area (Å²) in [6.07, 6.45) is 16.4. The number of unbranched alkanes of at least 4 members (excludes halogenated alkanes) is 10. The number of nitrogens with zero attached hydrogens (tertiary/aromatic N) is 4. The third-order valence-corrected chi connectivity index (χ3v) is 7.56. The highest BCUT2D eigenvalue weighted by Gasteiger charge is 2.27. The van der Waals surface area contributed by atoms with Gasteiger partial charge in [-0.3, -0.25) is 25.0 Å². The second-order valence-corrected chi connectivity index (χ2v) is 14.2. The third kappa shape index (κ3) is 16.1. The standard InChI is InChI=1S/C36H55N4O8/c1-35(2,3)47-33(41)23-26-37(34(42)48-36(4,5)6)24-17-15-13-11-9-7-8-10-12-14-16-19-29-20-18-25-38(28-29)31-22-21-30(39(43)44)27-32(31)40(45)46/h18,20-22,25,27-28H,7-17,19,23-24,26H2,1-6H3/q+1. The van der Waals surface area contributed by atoms with Crippen LogP contribution in [0.1, 0.15) is 124 Å². The fourth-order valence-electron chi connectivity index (χ4n) is 5.27. The molecule has 1 aromatic heterocycles. The average molecular weight is 672 g/mol. The molecule has 1 amide bonds. The molecule has 0 atom stereocenters. The maximum absolute atomic E-state index is 12.7. The molecule has 1 aromatic carbocycles. The molecule has 2 aromatic rings. The summed E-state index contributed by atoms with van der Waals surface area (Å²) < 4.78 is 12.6. The number of pyridine rings is 1. The Hall–Kier alpha value is -4.09. The highest BCUT2D eigenvalue weighted by molar-refractivity contribution is 5.72. The molecule has 0 saturated heterocycles. The van der Waals surface area contributed by atoms with E-state index in [-0.39, 0.29) is 30.3 Å². The smallest absolute Gasteiger partial charge is 0.410 e. The quantitative estimate of drug-likeness (QED) is 0.0447. The lowest BCUT2D eigenvalue weighted by Gasteiger charge is -2.28. The largest absolute Gasteiger partial charge is 0.460 e. The molecule has 48 heavy (non-hydrogen) atoms. The summed E-state index contributed by atoms with van der Waals surface area (Å²) in [5.74, 6) is -0.322. The van der Waals surface area contributed by atoms with Crippen LogP contribution in [-0.4, -0.2) is 51.1 Å². The van der Waals surface area contributed by atoms with Crippen molar-refractivity contribution in [3.63, 3.8) is 0 Å². The number of carbonyl (C=O) groups excluding carboxylic acids is 2. The number of ether oxygens (including phenoxy) is 2. The summed E-state index contributed by atoms with van der Waals surface area (Å²) in [5, 5.41) is 22.6. The molecular weight excluding hydrogens is 616 g/mol. The molecule has 0 unspecified atom stereocenters. The van der Waals surface area contributed by atoms with Crippen LogP contribution in [0.5, 0.6) is 0 Å². The molecule has 0 saturated carbocycles. The Bertz CT molecular complexity index is 1350. The van der Waals surface area contributed by atoms with Gasteiger partial charge in [0.05, 0.1) is 16.3 Å². The van der Waals surface area contributed by atoms with Gasteiger partial charge in [-0.15, -0.1) is 0 Å². The Morgan fingerprint density at radius 1 is 0.750 bits per heavy atom. The number of hydrogen-bond acceptors (Lipinski definition) is 8. The normalized spacial score (nSPS) is 11.6. The minimum Gasteiger partial charge on any atom is -0.460 e. The second-order valence-electron chi connectivity index (χ2n) is 14.2. The zero-order chi connectivity index (χ0) is 35.7. The van der Waals surface area contributed by atoms with E-state index in [0.29, 0.717) is 12.2 Å². The van der Waals surface area contributed by atoms with Crippen LogP contribution in [0.4, 0.5) is 16.2 Å². The van der Waals surface area contributed by atoms with Gasteiger partial charge in [0.25, 0.3) is 11.4 Å². The van der Waals surface area contributed by atoms with Crippen LogP contribution in [0.25, 0.3) is 5.69 Å². The minimum absolute atomic E-state index is 0.139. The van der Waals surface area contributed by atoms with Crippen LogP contribution in [0.2, 0.25) is 0 Å². The van der Waals surface area contributed by atoms with E-state index in [1.165, 1.54) is 37.8 Å². The Morgan fingerprint density at radius 2 is 1.31 bits per heavy atom. The van der Waals surface area contributed by atoms with Gasteiger partial charge in [-0.25, -0.2) is 4.79 Å². The Kier molecular flexibility index (Phi) is 16.4. The number of amides is 1. The number of nitro groups is 2. The van der Waals surface area contributed by atoms with Crippen molar-refractivity contribution in [2.75, 3.05) is 13.1 Å². The maximum atomic E-state index is 12.7. The topological polar surface area (TPSA) is 146 Å². The molecule has 0 fully saturated rings. The SMILES string of the molecule is CC(C)(C)OC(=O)CCN(CCCCCCCCCCCCCc1ccc[n+](-c2ccc([N+](=O)[O-])cc2[N+](=O)[O-])c1)C(=O)OC(C)(C)C. The van der Waals surface area contributed by atoms with Crippen molar-refractivity contribution in [1.29, 1.82) is 0 Å². The number of benzene rings is 1. The lowest BCUT2D eigenvalue weighted by Crippen LogP contribution is -2.39. The van der Waals surface area contributed by atoms with E-state index in [9.17, 15) is 29.8 Å². The lowest BCUT2D eigenvalue weighted by molar-refractivity contribution is -0.601. The molecular formula is C36H55N4O8+. The number of aromatic nitrogens is 1. The van der Waals surface area contributed by atoms with Crippen molar-refractivity contribution >= 4 is 23.4 Å². The van der Waals surface area contributed by atoms with E-state index in [4.69, 9.17) is 9.47 Å². The van der Waals surface area contributed by atoms with Gasteiger partial charge < -0.3 is 14.4 Å². The Balaban J connectivity index is 1.62. The number of rotatable bonds is 20. The van der Waals surface area contributed by atoms with E-state index in [2.05, 4.69) is 0 Å². The van der Waals surface area contributed by atoms with Gasteiger partial charge in [-0.2, -0.15) is 4.57 Å². The van der Waals surface area contributed by atoms with Crippen molar-refractivity contribution in [3.05, 3.63) is 68.5 Å². The van der Waals surface area contributed by atoms with Crippen LogP contribution in [0.15, 0.2) is 42.7 Å². The molecule has 0 radical (unpaired) electrons. The Labute approximate surface area is 285 Å². The van der Waals surface area contributed by atoms with Gasteiger partial charge in [0.1, 0.15) is 17.3 Å². The van der Waals surface area contributed by atoms with E-state index >= 15 is 0 Å². The number of nitro benzene ring substituents is 2. The molecule has 2 rings (SSSR count). The number of hydrogen-bond donors (Lipinski definition) is 0. The Morgan fingerprint density at radius 3 is 1.85 bits per heavy atom. The van der Waals surface area contributed by atoms with Crippen molar-refractivity contribution in [2.24, 2.45) is 0 Å². The maximum Gasteiger partial charge on any atom is 0.410 e. The number of aryl methyl sites for hydroxylation is 1. The highest BCUT2D eigenvalue weighted by atomic mass is 16.6. The number of esters is 1. The summed E-state index contributed by atoms with van der Waals surface area (Å²) in [6.45, 7) is 11.8. The first-order valence-electron chi connectivity index (χ1n) is 17.2. The molecule has 266 valence electrons. The molecule has 0 aliphatic heterocycles. The summed E-state index contributed by atoms with van der Waals surface area (Å²) in [7, 11) is 0. The second kappa shape index (κ2) is 19.7. The van der Waals surface area contributed by atoms with Crippen molar-refractivity contribution in [2.45, 2.75) is 136 Å². The summed E-state index contributed by atoms with van der Waals surface area (Å²) in [4.78, 5) is 47.9. The van der Waals surface area contributed by atoms with Gasteiger partial charge >= 0.3 is 17.7 Å². The van der Waals surface area contributed by atoms with Gasteiger partial charge in [0.15, 0.2) is 12.4 Å². The van der Waals surface area contributed by atoms with Crippen LogP contribution in [0.3, 0.4) is 0 Å². The fourth-order valence-corrected chi connectivity index (χ4v) is 5.27. The molecule has 0 N–H and O–H groups in total. The van der Waals surface area contributed by atoms with Crippen LogP contribution in [-0.2, 0) is 20.7 Å². The van der Waals surface area contributed by atoms with E-state index in [1.807, 2.05) is 59.9 Å². The van der Waals surface area contributed by atoms with Gasteiger partial charge in [0.2, 0.25) is 0 Å². The molecule has 12 nitrogen and oxygen atoms in total. The molecule has 0 spiro atoms. The van der Waals surface area contributed by atoms with E-state index < -0.39 is 27.1 Å². The summed E-state index contributed by atoms with van der Waals surface area (Å²) in [5.41, 5.74) is -0.414. The molecule has 0 bridgehead atoms. The first kappa shape index (κ1) is 40.1. The highest BCUT2D eigenvalue weighted by Crippen LogP contribution is 2.25. The molecule has 12 heteroatoms. The number of non-ortho nitro benzene ring substituents is 1. The minimum atomic E-state index is -0.635. The predicted molar refractivity (Wildman–Crippen MR) is 184 cm³/mol. The van der Waals surface area contributed by atoms with Gasteiger partial charge in [0, 0.05) is 36.9 Å². The molecule has 1 heterocycles. The van der Waals surface area contributed by atoms with Crippen molar-refractivity contribution in [3.8, 4) is 5.69 Å². The van der Waals surface area contributed by atoms with Crippen molar-refractivity contribution < 1.29 is 33.5 Å². The van der Waals surface area contributed by atoms with Crippen LogP contribution >= 0.6 is 0 Å². The fraction of sp³-hybridized carbons (Fsp3) is 0.639. The van der Waals surface area contributed by atoms with Gasteiger partial charge in [-0.1, -0.05) is 57.8 Å². The van der Waals surface area contributed by atoms with E-state index in [1.54, 1.807) is 15.7 Å². The third-order valence-electron chi connectivity index (χ3n) is 7.56. The number of carbonyl (C=O) groups is 2. The lowest BCUT2D eigenvalue weighted by atomic mass is 10.0. The summed E-state index contributed by atoms with van der Waals surface area (Å²) in [6, 6.07) is 7.52. The first-order chi connectivity index (χ1) is 22.6. The predicted octanol–water partition coefficient (Wildman–Crippen LogP) is 8.58. The summed E-state index contributed by atoms with van der Waals surface area (Å²) >= 11 is 0. The van der Waals surface area contributed by atoms with Gasteiger partial charge in [-0.05, 0) is 66.9 Å². The monoisotopic (exact) mass is 671 g/mol.